The second kappa shape index (κ2) is 7.11. The van der Waals surface area contributed by atoms with Crippen molar-refractivity contribution in [3.8, 4) is 0 Å². The summed E-state index contributed by atoms with van der Waals surface area (Å²) in [5, 5.41) is 24.9. The molecule has 3 N–H and O–H groups in total. The number of hydrogen-bond donors (Lipinski definition) is 3. The van der Waals surface area contributed by atoms with Crippen LogP contribution in [0.25, 0.3) is 0 Å². The van der Waals surface area contributed by atoms with Gasteiger partial charge >= 0.3 is 0 Å². The molecule has 10 heteroatoms. The topological polar surface area (TPSA) is 89.2 Å². The van der Waals surface area contributed by atoms with Crippen molar-refractivity contribution in [3.63, 3.8) is 0 Å². The van der Waals surface area contributed by atoms with Gasteiger partial charge in [-0.15, -0.1) is 0 Å². The van der Waals surface area contributed by atoms with E-state index in [1.54, 1.807) is 6.33 Å². The molecule has 3 fully saturated rings. The summed E-state index contributed by atoms with van der Waals surface area (Å²) < 4.78 is 15.1. The first-order chi connectivity index (χ1) is 15.0. The number of nitrogens with zero attached hydrogens (tertiary/aromatic N) is 5. The lowest BCUT2D eigenvalue weighted by Crippen LogP contribution is -2.77. The van der Waals surface area contributed by atoms with Gasteiger partial charge < -0.3 is 25.0 Å². The number of aliphatic hydroxyl groups excluding tert-OH is 2. The molecule has 0 amide bonds. The summed E-state index contributed by atoms with van der Waals surface area (Å²) in [5.74, 6) is 0.0979. The molecular weight excluding hydrogens is 423 g/mol. The maximum Gasteiger partial charge on any atom is 0.161 e. The fraction of sp³-hybridized carbons (Fsp3) is 0.619. The second-order valence-corrected chi connectivity index (χ2v) is 9.59. The van der Waals surface area contributed by atoms with Crippen molar-refractivity contribution in [1.29, 1.82) is 0 Å². The molecule has 31 heavy (non-hydrogen) atoms. The van der Waals surface area contributed by atoms with Crippen LogP contribution in [0.2, 0.25) is 0 Å². The molecule has 166 valence electrons. The lowest BCUT2D eigenvalue weighted by Gasteiger charge is -2.67. The molecule has 8 nitrogen and oxygen atoms in total. The van der Waals surface area contributed by atoms with Crippen LogP contribution >= 0.6 is 11.6 Å². The number of aliphatic hydroxyl groups is 2. The van der Waals surface area contributed by atoms with Gasteiger partial charge in [0.2, 0.25) is 0 Å². The Balaban J connectivity index is 1.38. The minimum atomic E-state index is -1.08. The van der Waals surface area contributed by atoms with Crippen LogP contribution in [0.3, 0.4) is 0 Å². The molecule has 1 aromatic heterocycles. The van der Waals surface area contributed by atoms with Crippen LogP contribution in [-0.2, 0) is 0 Å². The predicted octanol–water partition coefficient (Wildman–Crippen LogP) is 1.57. The molecule has 6 rings (SSSR count). The van der Waals surface area contributed by atoms with Crippen molar-refractivity contribution in [1.82, 2.24) is 24.7 Å². The van der Waals surface area contributed by atoms with Crippen LogP contribution in [0.15, 0.2) is 34.6 Å². The Bertz CT molecular complexity index is 975. The standard InChI is InChI=1S/C21H26ClFN6O2/c22-13-2-1-4-21(7-13)28-11-26-19-16(20(28)29(21)14-3-5-24-9-14)25-10-27(19)15-6-12(8-23)17(30)18(15)31/h1-2,7,10-12,14-15,17-18,20,24,30-31H,3-6,8-9H2/t12-,14+,15-,17-,18+,20?,21?/m1/s1. The van der Waals surface area contributed by atoms with E-state index in [1.807, 2.05) is 17.0 Å². The monoisotopic (exact) mass is 448 g/mol. The van der Waals surface area contributed by atoms with Gasteiger partial charge in [-0.3, -0.25) is 4.39 Å². The Kier molecular flexibility index (Phi) is 4.56. The van der Waals surface area contributed by atoms with Crippen LogP contribution < -0.4 is 5.32 Å². The molecule has 2 unspecified atom stereocenters. The summed E-state index contributed by atoms with van der Waals surface area (Å²) in [7, 11) is 0. The van der Waals surface area contributed by atoms with E-state index in [0.29, 0.717) is 23.3 Å². The van der Waals surface area contributed by atoms with E-state index >= 15 is 0 Å². The number of aromatic nitrogens is 2. The van der Waals surface area contributed by atoms with E-state index in [-0.39, 0.29) is 11.8 Å². The third-order valence-electron chi connectivity index (χ3n) is 7.58. The third-order valence-corrected chi connectivity index (χ3v) is 7.82. The van der Waals surface area contributed by atoms with Crippen LogP contribution in [0.5, 0.6) is 0 Å². The minimum absolute atomic E-state index is 0.0775. The zero-order chi connectivity index (χ0) is 21.3. The fourth-order valence-corrected chi connectivity index (χ4v) is 6.32. The van der Waals surface area contributed by atoms with Gasteiger partial charge in [-0.1, -0.05) is 17.7 Å². The Morgan fingerprint density at radius 3 is 2.90 bits per heavy atom. The molecule has 0 bridgehead atoms. The van der Waals surface area contributed by atoms with Gasteiger partial charge in [0.05, 0.1) is 31.5 Å². The van der Waals surface area contributed by atoms with Crippen LogP contribution in [0.4, 0.5) is 10.2 Å². The van der Waals surface area contributed by atoms with E-state index in [2.05, 4.69) is 27.3 Å². The maximum absolute atomic E-state index is 13.3. The molecule has 0 radical (unpaired) electrons. The molecular formula is C21H26ClFN6O2. The highest BCUT2D eigenvalue weighted by Crippen LogP contribution is 2.55. The molecule has 5 aliphatic rings. The zero-order valence-electron chi connectivity index (χ0n) is 17.0. The molecule has 3 aliphatic heterocycles. The smallest absolute Gasteiger partial charge is 0.161 e. The first kappa shape index (κ1) is 19.9. The van der Waals surface area contributed by atoms with Gasteiger partial charge in [0.25, 0.3) is 0 Å². The summed E-state index contributed by atoms with van der Waals surface area (Å²) in [6, 6.07) is -0.105. The van der Waals surface area contributed by atoms with E-state index in [9.17, 15) is 14.6 Å². The number of rotatable bonds is 3. The number of imidazole rings is 1. The fourth-order valence-electron chi connectivity index (χ4n) is 6.06. The number of fused-ring (bicyclic) bond motifs is 4. The highest BCUT2D eigenvalue weighted by atomic mass is 35.5. The van der Waals surface area contributed by atoms with E-state index in [0.717, 1.165) is 31.6 Å². The van der Waals surface area contributed by atoms with Crippen molar-refractivity contribution < 1.29 is 14.6 Å². The summed E-state index contributed by atoms with van der Waals surface area (Å²) >= 11 is 6.42. The number of alkyl halides is 1. The quantitative estimate of drug-likeness (QED) is 0.650. The summed E-state index contributed by atoms with van der Waals surface area (Å²) in [5.41, 5.74) is 0.463. The molecule has 4 heterocycles. The number of aliphatic imine (C=N–C) groups is 1. The molecule has 7 atom stereocenters. The third kappa shape index (κ3) is 2.67. The van der Waals surface area contributed by atoms with Gasteiger partial charge in [-0.2, -0.15) is 0 Å². The first-order valence-corrected chi connectivity index (χ1v) is 11.3. The first-order valence-electron chi connectivity index (χ1n) is 10.9. The average molecular weight is 449 g/mol. The Morgan fingerprint density at radius 2 is 2.19 bits per heavy atom. The highest BCUT2D eigenvalue weighted by Gasteiger charge is 2.62. The molecule has 1 aromatic rings. The van der Waals surface area contributed by atoms with E-state index in [4.69, 9.17) is 21.6 Å². The van der Waals surface area contributed by atoms with Crippen LogP contribution in [-0.4, -0.2) is 79.6 Å². The molecule has 0 aromatic carbocycles. The van der Waals surface area contributed by atoms with E-state index in [1.165, 1.54) is 0 Å². The zero-order valence-corrected chi connectivity index (χ0v) is 17.7. The van der Waals surface area contributed by atoms with Crippen molar-refractivity contribution >= 4 is 23.8 Å². The minimum Gasteiger partial charge on any atom is -0.390 e. The van der Waals surface area contributed by atoms with Crippen LogP contribution in [0, 0.1) is 5.92 Å². The average Bonchev–Trinajstić information content (AvgIpc) is 3.49. The molecule has 1 saturated carbocycles. The van der Waals surface area contributed by atoms with Crippen molar-refractivity contribution in [3.05, 3.63) is 35.3 Å². The number of hydrogen-bond acceptors (Lipinski definition) is 7. The van der Waals surface area contributed by atoms with Crippen molar-refractivity contribution in [2.45, 2.75) is 55.4 Å². The Labute approximate surface area is 184 Å². The van der Waals surface area contributed by atoms with Gasteiger partial charge in [0.1, 0.15) is 23.6 Å². The molecule has 1 spiro atoms. The summed E-state index contributed by atoms with van der Waals surface area (Å²) in [6.07, 6.45) is 9.65. The van der Waals surface area contributed by atoms with Crippen LogP contribution in [0.1, 0.15) is 37.2 Å². The summed E-state index contributed by atoms with van der Waals surface area (Å²) in [6.45, 7) is 1.22. The Hall–Kier alpha value is -1.78. The van der Waals surface area contributed by atoms with Crippen molar-refractivity contribution in [2.24, 2.45) is 10.9 Å². The SMILES string of the molecule is O[C@@H]1[C@@H](CF)C[C@@H](n2cnc3c2N=CN2C3N([C@H]3CCNC3)C23C=C(Cl)C=CC3)[C@@H]1O. The lowest BCUT2D eigenvalue weighted by molar-refractivity contribution is -0.204. The predicted molar refractivity (Wildman–Crippen MR) is 114 cm³/mol. The maximum atomic E-state index is 13.3. The number of nitrogens with one attached hydrogen (secondary N) is 1. The molecule has 2 aliphatic carbocycles. The molecule has 2 saturated heterocycles. The number of halogens is 2. The van der Waals surface area contributed by atoms with Gasteiger partial charge in [0, 0.05) is 30.0 Å². The van der Waals surface area contributed by atoms with Gasteiger partial charge in [0.15, 0.2) is 5.82 Å². The summed E-state index contributed by atoms with van der Waals surface area (Å²) in [4.78, 5) is 14.1. The highest BCUT2D eigenvalue weighted by molar-refractivity contribution is 6.31. The van der Waals surface area contributed by atoms with Crippen molar-refractivity contribution in [2.75, 3.05) is 19.8 Å². The lowest BCUT2D eigenvalue weighted by atomic mass is 9.85. The normalized spacial score (nSPS) is 41.4. The largest absolute Gasteiger partial charge is 0.390 e. The van der Waals surface area contributed by atoms with Gasteiger partial charge in [-0.05, 0) is 31.5 Å². The van der Waals surface area contributed by atoms with E-state index < -0.39 is 30.8 Å². The van der Waals surface area contributed by atoms with Gasteiger partial charge in [-0.25, -0.2) is 14.9 Å². The Morgan fingerprint density at radius 1 is 1.32 bits per heavy atom. The number of allylic oxidation sites excluding steroid dienone is 2. The second-order valence-electron chi connectivity index (χ2n) is 9.15.